The maximum atomic E-state index is 13.0. The van der Waals surface area contributed by atoms with Crippen molar-refractivity contribution in [3.8, 4) is 0 Å². The number of carbonyl (C=O) groups excluding carboxylic acids is 1. The molecule has 0 bridgehead atoms. The number of hydrogen-bond acceptors (Lipinski definition) is 2. The molecule has 0 fully saturated rings. The van der Waals surface area contributed by atoms with Gasteiger partial charge >= 0.3 is 18.3 Å². The van der Waals surface area contributed by atoms with E-state index in [1.807, 2.05) is 0 Å². The zero-order valence-corrected chi connectivity index (χ0v) is 12.6. The van der Waals surface area contributed by atoms with Gasteiger partial charge in [-0.2, -0.15) is 26.3 Å². The third-order valence-corrected chi connectivity index (χ3v) is 4.03. The molecule has 0 aromatic carbocycles. The summed E-state index contributed by atoms with van der Waals surface area (Å²) in [6.07, 6.45) is -9.90. The lowest BCUT2D eigenvalue weighted by Gasteiger charge is -2.38. The molecule has 0 N–H and O–H groups in total. The molecule has 2 atom stereocenters. The predicted molar refractivity (Wildman–Crippen MR) is 64.4 cm³/mol. The Labute approximate surface area is 119 Å². The Morgan fingerprint density at radius 2 is 1.48 bits per heavy atom. The highest BCUT2D eigenvalue weighted by molar-refractivity contribution is 5.75. The number of hydrogen-bond donors (Lipinski definition) is 0. The summed E-state index contributed by atoms with van der Waals surface area (Å²) in [6.45, 7) is 4.02. The first-order valence-corrected chi connectivity index (χ1v) is 6.40. The van der Waals surface area contributed by atoms with Gasteiger partial charge in [-0.15, -0.1) is 0 Å². The van der Waals surface area contributed by atoms with Gasteiger partial charge in [-0.25, -0.2) is 0 Å². The molecule has 0 saturated heterocycles. The first kappa shape index (κ1) is 20.1. The van der Waals surface area contributed by atoms with Crippen molar-refractivity contribution >= 4 is 5.97 Å². The predicted octanol–water partition coefficient (Wildman–Crippen LogP) is 4.73. The second-order valence-corrected chi connectivity index (χ2v) is 5.99. The normalized spacial score (nSPS) is 18.0. The molecule has 8 heteroatoms. The third kappa shape index (κ3) is 4.51. The van der Waals surface area contributed by atoms with E-state index in [0.29, 0.717) is 20.3 Å². The fourth-order valence-electron chi connectivity index (χ4n) is 1.37. The van der Waals surface area contributed by atoms with E-state index in [4.69, 9.17) is 0 Å². The van der Waals surface area contributed by atoms with Crippen LogP contribution in [0.4, 0.5) is 26.3 Å². The minimum absolute atomic E-state index is 0.295. The number of rotatable bonds is 5. The van der Waals surface area contributed by atoms with Gasteiger partial charge in [-0.3, -0.25) is 4.79 Å². The van der Waals surface area contributed by atoms with Gasteiger partial charge in [0.2, 0.25) is 0 Å². The van der Waals surface area contributed by atoms with Crippen LogP contribution >= 0.6 is 0 Å². The molecule has 0 spiro atoms. The van der Waals surface area contributed by atoms with E-state index in [2.05, 4.69) is 4.74 Å². The van der Waals surface area contributed by atoms with Crippen molar-refractivity contribution in [2.45, 2.75) is 53.4 Å². The summed E-state index contributed by atoms with van der Waals surface area (Å²) in [7, 11) is 0. The molecule has 126 valence electrons. The van der Waals surface area contributed by atoms with Crippen molar-refractivity contribution in [3.05, 3.63) is 0 Å². The molecular formula is C13H20F6O2. The van der Waals surface area contributed by atoms with Crippen LogP contribution in [0.15, 0.2) is 0 Å². The summed E-state index contributed by atoms with van der Waals surface area (Å²) in [6, 6.07) is 0. The van der Waals surface area contributed by atoms with E-state index in [-0.39, 0.29) is 0 Å². The van der Waals surface area contributed by atoms with Gasteiger partial charge in [0.05, 0.1) is 11.3 Å². The lowest BCUT2D eigenvalue weighted by molar-refractivity contribution is -0.299. The van der Waals surface area contributed by atoms with E-state index >= 15 is 0 Å². The van der Waals surface area contributed by atoms with Crippen molar-refractivity contribution in [1.29, 1.82) is 0 Å². The van der Waals surface area contributed by atoms with E-state index in [1.165, 1.54) is 13.8 Å². The highest BCUT2D eigenvalue weighted by Gasteiger charge is 2.62. The lowest BCUT2D eigenvalue weighted by Crippen LogP contribution is -2.50. The Kier molecular flexibility index (Phi) is 5.77. The van der Waals surface area contributed by atoms with Gasteiger partial charge in [0.1, 0.15) is 12.0 Å². The summed E-state index contributed by atoms with van der Waals surface area (Å²) in [5, 5.41) is 0. The highest BCUT2D eigenvalue weighted by Crippen LogP contribution is 2.50. The summed E-state index contributed by atoms with van der Waals surface area (Å²) < 4.78 is 81.6. The second kappa shape index (κ2) is 6.04. The number of ether oxygens (including phenoxy) is 1. The number of alkyl halides is 6. The molecule has 2 unspecified atom stereocenters. The zero-order chi connectivity index (χ0) is 17.3. The van der Waals surface area contributed by atoms with E-state index in [0.717, 1.165) is 0 Å². The molecule has 0 radical (unpaired) electrons. The monoisotopic (exact) mass is 322 g/mol. The van der Waals surface area contributed by atoms with E-state index in [1.54, 1.807) is 6.92 Å². The SMILES string of the molecule is CCC(C)(C)C(=O)OCC(C)(C(C)C(F)(F)F)C(F)(F)F. The van der Waals surface area contributed by atoms with E-state index in [9.17, 15) is 31.1 Å². The summed E-state index contributed by atoms with van der Waals surface area (Å²) >= 11 is 0. The number of halogens is 6. The van der Waals surface area contributed by atoms with Crippen molar-refractivity contribution in [2.75, 3.05) is 6.61 Å². The van der Waals surface area contributed by atoms with Gasteiger partial charge < -0.3 is 4.74 Å². The highest BCUT2D eigenvalue weighted by atomic mass is 19.4. The quantitative estimate of drug-likeness (QED) is 0.540. The summed E-state index contributed by atoms with van der Waals surface area (Å²) in [5.74, 6) is -3.64. The standard InChI is InChI=1S/C13H20F6O2/c1-6-10(3,4)9(20)21-7-11(5,13(17,18)19)8(2)12(14,15)16/h8H,6-7H2,1-5H3. The van der Waals surface area contributed by atoms with Crippen molar-refractivity contribution in [3.63, 3.8) is 0 Å². The van der Waals surface area contributed by atoms with Crippen LogP contribution in [0, 0.1) is 16.7 Å². The average molecular weight is 322 g/mol. The van der Waals surface area contributed by atoms with Crippen molar-refractivity contribution in [1.82, 2.24) is 0 Å². The molecule has 0 aromatic rings. The molecule has 0 saturated carbocycles. The van der Waals surface area contributed by atoms with Crippen LogP contribution in [-0.4, -0.2) is 24.9 Å². The maximum absolute atomic E-state index is 13.0. The molecule has 0 aliphatic carbocycles. The van der Waals surface area contributed by atoms with E-state index < -0.39 is 41.7 Å². The zero-order valence-electron chi connectivity index (χ0n) is 12.6. The number of esters is 1. The topological polar surface area (TPSA) is 26.3 Å². The lowest BCUT2D eigenvalue weighted by atomic mass is 9.77. The van der Waals surface area contributed by atoms with Crippen LogP contribution in [0.1, 0.15) is 41.0 Å². The van der Waals surface area contributed by atoms with Gasteiger partial charge in [-0.05, 0) is 27.2 Å². The largest absolute Gasteiger partial charge is 0.464 e. The first-order chi connectivity index (χ1) is 9.09. The van der Waals surface area contributed by atoms with Gasteiger partial charge in [-0.1, -0.05) is 13.8 Å². The number of carbonyl (C=O) groups is 1. The second-order valence-electron chi connectivity index (χ2n) is 5.99. The van der Waals surface area contributed by atoms with Crippen LogP contribution in [0.5, 0.6) is 0 Å². The van der Waals surface area contributed by atoms with Gasteiger partial charge in [0.15, 0.2) is 0 Å². The fraction of sp³-hybridized carbons (Fsp3) is 0.923. The Morgan fingerprint density at radius 3 is 1.76 bits per heavy atom. The average Bonchev–Trinajstić information content (AvgIpc) is 2.31. The molecule has 2 nitrogen and oxygen atoms in total. The Hall–Kier alpha value is -0.950. The van der Waals surface area contributed by atoms with Crippen molar-refractivity contribution in [2.24, 2.45) is 16.7 Å². The fourth-order valence-corrected chi connectivity index (χ4v) is 1.37. The molecule has 0 aliphatic rings. The summed E-state index contributed by atoms with van der Waals surface area (Å²) in [5.41, 5.74) is -4.24. The summed E-state index contributed by atoms with van der Waals surface area (Å²) in [4.78, 5) is 11.7. The Morgan fingerprint density at radius 1 is 1.05 bits per heavy atom. The Balaban J connectivity index is 5.28. The first-order valence-electron chi connectivity index (χ1n) is 6.40. The van der Waals surface area contributed by atoms with Gasteiger partial charge in [0.25, 0.3) is 0 Å². The van der Waals surface area contributed by atoms with Crippen LogP contribution in [0.25, 0.3) is 0 Å². The minimum atomic E-state index is -5.15. The molecule has 21 heavy (non-hydrogen) atoms. The molecule has 0 aromatic heterocycles. The molecule has 0 rings (SSSR count). The maximum Gasteiger partial charge on any atom is 0.398 e. The van der Waals surface area contributed by atoms with Crippen LogP contribution in [0.3, 0.4) is 0 Å². The molecule has 0 heterocycles. The van der Waals surface area contributed by atoms with Crippen molar-refractivity contribution < 1.29 is 35.9 Å². The molecule has 0 aliphatic heterocycles. The van der Waals surface area contributed by atoms with Crippen LogP contribution < -0.4 is 0 Å². The smallest absolute Gasteiger partial charge is 0.398 e. The Bertz CT molecular complexity index is 372. The minimum Gasteiger partial charge on any atom is -0.464 e. The third-order valence-electron chi connectivity index (χ3n) is 4.03. The van der Waals surface area contributed by atoms with Crippen LogP contribution in [-0.2, 0) is 9.53 Å². The van der Waals surface area contributed by atoms with Gasteiger partial charge in [0, 0.05) is 0 Å². The van der Waals surface area contributed by atoms with Crippen LogP contribution in [0.2, 0.25) is 0 Å². The molecule has 0 amide bonds. The molecular weight excluding hydrogens is 302 g/mol.